The number of carbonyl (C=O) groups excluding carboxylic acids is 1. The molecular weight excluding hydrogens is 426 g/mol. The normalized spacial score (nSPS) is 12.4. The maximum atomic E-state index is 13.8. The van der Waals surface area contributed by atoms with Gasteiger partial charge in [0.2, 0.25) is 5.91 Å². The number of nitrogens with zero attached hydrogens (tertiary/aromatic N) is 3. The van der Waals surface area contributed by atoms with Gasteiger partial charge in [0.15, 0.2) is 0 Å². The molecule has 3 rings (SSSR count). The molecule has 6 heteroatoms. The summed E-state index contributed by atoms with van der Waals surface area (Å²) in [5.74, 6) is 1.89. The van der Waals surface area contributed by atoms with Crippen molar-refractivity contribution in [3.05, 3.63) is 64.2 Å². The van der Waals surface area contributed by atoms with E-state index in [-0.39, 0.29) is 17.4 Å². The van der Waals surface area contributed by atoms with Crippen LogP contribution in [0.3, 0.4) is 0 Å². The Balaban J connectivity index is 2.27. The summed E-state index contributed by atoms with van der Waals surface area (Å²) >= 11 is 0. The summed E-state index contributed by atoms with van der Waals surface area (Å²) in [4.78, 5) is 34.0. The minimum Gasteiger partial charge on any atom is -0.495 e. The number of benzene rings is 2. The monoisotopic (exact) mass is 463 g/mol. The van der Waals surface area contributed by atoms with Crippen LogP contribution in [0.25, 0.3) is 16.6 Å². The topological polar surface area (TPSA) is 64.4 Å². The van der Waals surface area contributed by atoms with Crippen LogP contribution in [0.1, 0.15) is 64.9 Å². The van der Waals surface area contributed by atoms with Crippen molar-refractivity contribution in [1.29, 1.82) is 0 Å². The zero-order valence-corrected chi connectivity index (χ0v) is 21.5. The summed E-state index contributed by atoms with van der Waals surface area (Å²) < 4.78 is 7.26. The summed E-state index contributed by atoms with van der Waals surface area (Å²) in [6, 6.07) is 12.7. The third-order valence-corrected chi connectivity index (χ3v) is 6.07. The molecule has 1 unspecified atom stereocenters. The smallest absolute Gasteiger partial charge is 0.266 e. The van der Waals surface area contributed by atoms with Gasteiger partial charge in [0.1, 0.15) is 11.6 Å². The third kappa shape index (κ3) is 5.49. The first-order valence-corrected chi connectivity index (χ1v) is 12.1. The quantitative estimate of drug-likeness (QED) is 0.409. The van der Waals surface area contributed by atoms with E-state index >= 15 is 0 Å². The molecule has 1 amide bonds. The summed E-state index contributed by atoms with van der Waals surface area (Å²) in [5.41, 5.74) is 2.09. The zero-order chi connectivity index (χ0) is 25.0. The SMILES string of the molecule is COc1ccc(C)cc1-n1c(C(C)N(CCC(C)C)C(=O)CC(C)C)nc2ccccc2c1=O. The Morgan fingerprint density at radius 3 is 2.41 bits per heavy atom. The Morgan fingerprint density at radius 1 is 1.06 bits per heavy atom. The molecule has 3 aromatic rings. The van der Waals surface area contributed by atoms with Crippen LogP contribution < -0.4 is 10.3 Å². The molecule has 0 spiro atoms. The van der Waals surface area contributed by atoms with Crippen LogP contribution in [0.15, 0.2) is 47.3 Å². The van der Waals surface area contributed by atoms with Gasteiger partial charge >= 0.3 is 0 Å². The van der Waals surface area contributed by atoms with E-state index in [4.69, 9.17) is 9.72 Å². The van der Waals surface area contributed by atoms with Crippen LogP contribution >= 0.6 is 0 Å². The second-order valence-corrected chi connectivity index (χ2v) is 9.85. The van der Waals surface area contributed by atoms with Crippen molar-refractivity contribution in [3.8, 4) is 11.4 Å². The molecule has 1 atom stereocenters. The van der Waals surface area contributed by atoms with Gasteiger partial charge in [-0.15, -0.1) is 0 Å². The van der Waals surface area contributed by atoms with Crippen LogP contribution in [0.4, 0.5) is 0 Å². The highest BCUT2D eigenvalue weighted by Crippen LogP contribution is 2.29. The van der Waals surface area contributed by atoms with Crippen molar-refractivity contribution in [2.75, 3.05) is 13.7 Å². The second-order valence-electron chi connectivity index (χ2n) is 9.85. The number of carbonyl (C=O) groups is 1. The fourth-order valence-corrected chi connectivity index (χ4v) is 4.18. The molecule has 0 aliphatic heterocycles. The lowest BCUT2D eigenvalue weighted by Gasteiger charge is -2.32. The van der Waals surface area contributed by atoms with Gasteiger partial charge in [-0.05, 0) is 61.9 Å². The minimum atomic E-state index is -0.396. The number of aryl methyl sites for hydroxylation is 1. The first kappa shape index (κ1) is 25.5. The molecule has 2 aromatic carbocycles. The van der Waals surface area contributed by atoms with Gasteiger partial charge in [0.05, 0.1) is 29.7 Å². The first-order valence-electron chi connectivity index (χ1n) is 12.1. The number of rotatable bonds is 9. The van der Waals surface area contributed by atoms with E-state index in [2.05, 4.69) is 13.8 Å². The lowest BCUT2D eigenvalue weighted by Crippen LogP contribution is -2.39. The van der Waals surface area contributed by atoms with E-state index in [0.717, 1.165) is 12.0 Å². The van der Waals surface area contributed by atoms with Crippen LogP contribution in [0.5, 0.6) is 5.75 Å². The predicted molar refractivity (Wildman–Crippen MR) is 138 cm³/mol. The molecule has 182 valence electrons. The lowest BCUT2D eigenvalue weighted by atomic mass is 10.1. The number of hydrogen-bond donors (Lipinski definition) is 0. The van der Waals surface area contributed by atoms with E-state index in [1.54, 1.807) is 17.7 Å². The fourth-order valence-electron chi connectivity index (χ4n) is 4.18. The predicted octanol–water partition coefficient (Wildman–Crippen LogP) is 5.68. The van der Waals surface area contributed by atoms with Crippen molar-refractivity contribution in [2.45, 2.75) is 60.4 Å². The molecule has 1 heterocycles. The standard InChI is InChI=1S/C28H37N3O3/c1-18(2)14-15-30(26(32)16-19(3)4)21(6)27-29-23-11-9-8-10-22(23)28(33)31(27)24-17-20(5)12-13-25(24)34-7/h8-13,17-19,21H,14-16H2,1-7H3. The number of hydrogen-bond acceptors (Lipinski definition) is 4. The average Bonchev–Trinajstić information content (AvgIpc) is 2.78. The zero-order valence-electron chi connectivity index (χ0n) is 21.5. The highest BCUT2D eigenvalue weighted by atomic mass is 16.5. The minimum absolute atomic E-state index is 0.0771. The number of fused-ring (bicyclic) bond motifs is 1. The highest BCUT2D eigenvalue weighted by molar-refractivity contribution is 5.79. The largest absolute Gasteiger partial charge is 0.495 e. The summed E-state index contributed by atoms with van der Waals surface area (Å²) in [5, 5.41) is 0.532. The highest BCUT2D eigenvalue weighted by Gasteiger charge is 2.28. The number of aromatic nitrogens is 2. The Bertz CT molecular complexity index is 1210. The van der Waals surface area contributed by atoms with Gasteiger partial charge in [-0.2, -0.15) is 0 Å². The summed E-state index contributed by atoms with van der Waals surface area (Å²) in [6.07, 6.45) is 1.33. The van der Waals surface area contributed by atoms with Crippen molar-refractivity contribution in [1.82, 2.24) is 14.5 Å². The number of methoxy groups -OCH3 is 1. The van der Waals surface area contributed by atoms with Crippen LogP contribution in [-0.4, -0.2) is 34.0 Å². The molecule has 0 N–H and O–H groups in total. The third-order valence-electron chi connectivity index (χ3n) is 6.07. The molecule has 0 aliphatic rings. The Morgan fingerprint density at radius 2 is 1.76 bits per heavy atom. The molecule has 6 nitrogen and oxygen atoms in total. The van der Waals surface area contributed by atoms with Gasteiger partial charge in [-0.3, -0.25) is 14.2 Å². The second kappa shape index (κ2) is 10.9. The first-order chi connectivity index (χ1) is 16.1. The fraction of sp³-hybridized carbons (Fsp3) is 0.464. The molecule has 0 saturated heterocycles. The van der Waals surface area contributed by atoms with Crippen molar-refractivity contribution in [2.24, 2.45) is 11.8 Å². The molecule has 1 aromatic heterocycles. The van der Waals surface area contributed by atoms with Crippen LogP contribution in [0.2, 0.25) is 0 Å². The van der Waals surface area contributed by atoms with Gasteiger partial charge in [0, 0.05) is 13.0 Å². The number of amides is 1. The van der Waals surface area contributed by atoms with E-state index in [9.17, 15) is 9.59 Å². The van der Waals surface area contributed by atoms with Gasteiger partial charge < -0.3 is 9.64 Å². The molecule has 34 heavy (non-hydrogen) atoms. The van der Waals surface area contributed by atoms with Crippen LogP contribution in [0, 0.1) is 18.8 Å². The summed E-state index contributed by atoms with van der Waals surface area (Å²) in [7, 11) is 1.60. The maximum absolute atomic E-state index is 13.8. The Labute approximate surface area is 202 Å². The molecule has 0 radical (unpaired) electrons. The molecule has 0 saturated carbocycles. The Hall–Kier alpha value is -3.15. The van der Waals surface area contributed by atoms with Gasteiger partial charge in [-0.25, -0.2) is 4.98 Å². The van der Waals surface area contributed by atoms with E-state index in [1.165, 1.54) is 0 Å². The summed E-state index contributed by atoms with van der Waals surface area (Å²) in [6.45, 7) is 12.9. The molecular formula is C28H37N3O3. The van der Waals surface area contributed by atoms with Gasteiger partial charge in [-0.1, -0.05) is 45.9 Å². The number of ether oxygens (including phenoxy) is 1. The van der Waals surface area contributed by atoms with Crippen LogP contribution in [-0.2, 0) is 4.79 Å². The molecule has 0 bridgehead atoms. The van der Waals surface area contributed by atoms with E-state index < -0.39 is 6.04 Å². The van der Waals surface area contributed by atoms with Gasteiger partial charge in [0.25, 0.3) is 5.56 Å². The van der Waals surface area contributed by atoms with E-state index in [1.807, 2.05) is 69.0 Å². The molecule has 0 fully saturated rings. The molecule has 0 aliphatic carbocycles. The van der Waals surface area contributed by atoms with Crippen molar-refractivity contribution >= 4 is 16.8 Å². The lowest BCUT2D eigenvalue weighted by molar-refractivity contribution is -0.134. The maximum Gasteiger partial charge on any atom is 0.266 e. The average molecular weight is 464 g/mol. The number of para-hydroxylation sites is 1. The van der Waals surface area contributed by atoms with E-state index in [0.29, 0.717) is 47.0 Å². The Kier molecular flexibility index (Phi) is 8.13. The van der Waals surface area contributed by atoms with Crippen molar-refractivity contribution in [3.63, 3.8) is 0 Å². The van der Waals surface area contributed by atoms with Crippen molar-refractivity contribution < 1.29 is 9.53 Å².